The molecule has 0 saturated heterocycles. The molecule has 0 heterocycles. The zero-order valence-corrected chi connectivity index (χ0v) is 16.9. The van der Waals surface area contributed by atoms with Gasteiger partial charge in [0.15, 0.2) is 0 Å². The van der Waals surface area contributed by atoms with Crippen molar-refractivity contribution in [2.24, 2.45) is 0 Å². The average Bonchev–Trinajstić information content (AvgIpc) is 2.95. The van der Waals surface area contributed by atoms with Gasteiger partial charge in [0.2, 0.25) is 0 Å². The Bertz CT molecular complexity index is 512. The maximum atomic E-state index is 12.7. The van der Waals surface area contributed by atoms with E-state index in [9.17, 15) is 4.21 Å². The first kappa shape index (κ1) is 19.2. The Hall–Kier alpha value is -0.151. The standard InChI is InChI=1S/C19H25O2SSe/c1-14(18(21-5)15-10-7-6-8-11-15)23-17-13-9-12-16(17)22(20)19(2,3)4/h6-14,18H,1-5H3/t14?,18?,22-/m0/s1. The van der Waals surface area contributed by atoms with E-state index in [2.05, 4.69) is 25.5 Å². The number of hydrogen-bond donors (Lipinski definition) is 0. The van der Waals surface area contributed by atoms with E-state index in [1.165, 1.54) is 10.4 Å². The van der Waals surface area contributed by atoms with Crippen LogP contribution in [0.4, 0.5) is 0 Å². The number of rotatable bonds is 6. The summed E-state index contributed by atoms with van der Waals surface area (Å²) < 4.78 is 18.2. The van der Waals surface area contributed by atoms with Crippen molar-refractivity contribution in [1.82, 2.24) is 0 Å². The molecule has 2 nitrogen and oxygen atoms in total. The van der Waals surface area contributed by atoms with Gasteiger partial charge in [0, 0.05) is 0 Å². The molecule has 0 N–H and O–H groups in total. The van der Waals surface area contributed by atoms with E-state index in [1.807, 2.05) is 51.8 Å². The van der Waals surface area contributed by atoms with Crippen molar-refractivity contribution in [3.8, 4) is 0 Å². The molecule has 125 valence electrons. The zero-order chi connectivity index (χ0) is 17.0. The topological polar surface area (TPSA) is 26.3 Å². The molecule has 4 heteroatoms. The summed E-state index contributed by atoms with van der Waals surface area (Å²) in [7, 11) is 0.785. The van der Waals surface area contributed by atoms with Crippen LogP contribution in [0.1, 0.15) is 39.4 Å². The molecule has 1 aromatic rings. The molecule has 2 unspecified atom stereocenters. The third-order valence-corrected chi connectivity index (χ3v) is 8.35. The summed E-state index contributed by atoms with van der Waals surface area (Å²) in [5, 5.41) is 0.993. The van der Waals surface area contributed by atoms with Gasteiger partial charge in [-0.2, -0.15) is 0 Å². The quantitative estimate of drug-likeness (QED) is 0.676. The Labute approximate surface area is 150 Å². The molecular formula is C19H25O2SSe. The fraction of sp³-hybridized carbons (Fsp3) is 0.421. The predicted octanol–water partition coefficient (Wildman–Crippen LogP) is 4.12. The van der Waals surface area contributed by atoms with E-state index < -0.39 is 10.8 Å². The van der Waals surface area contributed by atoms with Crippen molar-refractivity contribution in [3.63, 3.8) is 0 Å². The van der Waals surface area contributed by atoms with E-state index in [0.29, 0.717) is 4.82 Å². The molecule has 1 saturated carbocycles. The minimum atomic E-state index is -0.982. The van der Waals surface area contributed by atoms with E-state index in [4.69, 9.17) is 4.74 Å². The Balaban J connectivity index is 2.06. The van der Waals surface area contributed by atoms with Crippen LogP contribution < -0.4 is 0 Å². The molecule has 1 fully saturated rings. The minimum absolute atomic E-state index is 0.0713. The molecule has 1 aromatic carbocycles. The van der Waals surface area contributed by atoms with Crippen molar-refractivity contribution in [2.75, 3.05) is 7.11 Å². The van der Waals surface area contributed by atoms with Crippen molar-refractivity contribution < 1.29 is 8.95 Å². The number of ether oxygens (including phenoxy) is 1. The molecule has 1 aliphatic rings. The predicted molar refractivity (Wildman–Crippen MR) is 98.7 cm³/mol. The van der Waals surface area contributed by atoms with Gasteiger partial charge in [-0.1, -0.05) is 0 Å². The maximum absolute atomic E-state index is 12.7. The van der Waals surface area contributed by atoms with Gasteiger partial charge in [-0.05, 0) is 0 Å². The molecule has 0 bridgehead atoms. The molecule has 3 atom stereocenters. The normalized spacial score (nSPS) is 21.3. The summed E-state index contributed by atoms with van der Waals surface area (Å²) in [5.74, 6) is 0. The second-order valence-corrected chi connectivity index (χ2v) is 11.7. The summed E-state index contributed by atoms with van der Waals surface area (Å²) in [6, 6.07) is 10.3. The Morgan fingerprint density at radius 3 is 2.35 bits per heavy atom. The number of hydrogen-bond acceptors (Lipinski definition) is 2. The van der Waals surface area contributed by atoms with Crippen LogP contribution in [0.2, 0.25) is 4.82 Å². The van der Waals surface area contributed by atoms with Gasteiger partial charge in [-0.15, -0.1) is 0 Å². The third kappa shape index (κ3) is 4.92. The van der Waals surface area contributed by atoms with Crippen LogP contribution in [0.3, 0.4) is 0 Å². The van der Waals surface area contributed by atoms with Gasteiger partial charge in [0.1, 0.15) is 0 Å². The fourth-order valence-electron chi connectivity index (χ4n) is 2.47. The van der Waals surface area contributed by atoms with Gasteiger partial charge in [-0.3, -0.25) is 0 Å². The molecule has 0 aliphatic heterocycles. The number of methoxy groups -OCH3 is 1. The van der Waals surface area contributed by atoms with E-state index in [1.54, 1.807) is 7.11 Å². The molecule has 1 aliphatic carbocycles. The fourth-order valence-corrected chi connectivity index (χ4v) is 6.69. The van der Waals surface area contributed by atoms with Crippen LogP contribution in [0.15, 0.2) is 30.3 Å². The first-order chi connectivity index (χ1) is 10.8. The molecular weight excluding hydrogens is 371 g/mol. The van der Waals surface area contributed by atoms with Gasteiger partial charge >= 0.3 is 150 Å². The van der Waals surface area contributed by atoms with Crippen LogP contribution >= 0.6 is 0 Å². The SMILES string of the molecule is COC(c1ccccc1)C(C)[Se][C]1[CH][CH][CH][C]1[S@](=O)C(C)(C)C. The monoisotopic (exact) mass is 397 g/mol. The van der Waals surface area contributed by atoms with Crippen LogP contribution in [0, 0.1) is 29.3 Å². The van der Waals surface area contributed by atoms with Crippen molar-refractivity contribution in [3.05, 3.63) is 65.2 Å². The van der Waals surface area contributed by atoms with E-state index >= 15 is 0 Å². The molecule has 0 aromatic heterocycles. The van der Waals surface area contributed by atoms with Crippen LogP contribution in [-0.2, 0) is 15.5 Å². The number of benzene rings is 1. The van der Waals surface area contributed by atoms with E-state index in [-0.39, 0.29) is 25.8 Å². The second kappa shape index (κ2) is 8.29. The first-order valence-electron chi connectivity index (χ1n) is 7.76. The second-order valence-electron chi connectivity index (χ2n) is 6.53. The van der Waals surface area contributed by atoms with Gasteiger partial charge in [0.05, 0.1) is 0 Å². The zero-order valence-electron chi connectivity index (χ0n) is 14.4. The molecule has 0 amide bonds. The summed E-state index contributed by atoms with van der Waals surface area (Å²) in [6.07, 6.45) is 6.22. The van der Waals surface area contributed by atoms with Crippen molar-refractivity contribution in [2.45, 2.75) is 43.4 Å². The van der Waals surface area contributed by atoms with Crippen LogP contribution in [0.25, 0.3) is 0 Å². The first-order valence-corrected chi connectivity index (χ1v) is 10.8. The Morgan fingerprint density at radius 1 is 1.13 bits per heavy atom. The van der Waals surface area contributed by atoms with Crippen LogP contribution in [-0.4, -0.2) is 31.0 Å². The van der Waals surface area contributed by atoms with E-state index in [0.717, 1.165) is 5.25 Å². The van der Waals surface area contributed by atoms with Gasteiger partial charge in [0.25, 0.3) is 0 Å². The molecule has 23 heavy (non-hydrogen) atoms. The van der Waals surface area contributed by atoms with Gasteiger partial charge in [-0.25, -0.2) is 0 Å². The third-order valence-electron chi connectivity index (χ3n) is 3.62. The summed E-state index contributed by atoms with van der Waals surface area (Å²) in [6.45, 7) is 8.30. The average molecular weight is 396 g/mol. The Kier molecular flexibility index (Phi) is 6.91. The Morgan fingerprint density at radius 2 is 1.78 bits per heavy atom. The molecule has 0 spiro atoms. The summed E-state index contributed by atoms with van der Waals surface area (Å²) in [5.41, 5.74) is 1.20. The van der Waals surface area contributed by atoms with Crippen LogP contribution in [0.5, 0.6) is 0 Å². The summed E-state index contributed by atoms with van der Waals surface area (Å²) >= 11 is 0.205. The summed E-state index contributed by atoms with van der Waals surface area (Å²) in [4.78, 5) is 1.60. The molecule has 5 radical (unpaired) electrons. The van der Waals surface area contributed by atoms with Crippen molar-refractivity contribution in [1.29, 1.82) is 0 Å². The van der Waals surface area contributed by atoms with Crippen molar-refractivity contribution >= 4 is 25.8 Å². The van der Waals surface area contributed by atoms with Gasteiger partial charge < -0.3 is 0 Å². The molecule has 2 rings (SSSR count).